The number of ether oxygens (including phenoxy) is 1. The molecule has 0 heterocycles. The Balaban J connectivity index is 2.58. The Hall–Kier alpha value is -2.75. The van der Waals surface area contributed by atoms with E-state index in [4.69, 9.17) is 4.74 Å². The van der Waals surface area contributed by atoms with Crippen LogP contribution in [-0.4, -0.2) is 38.5 Å². The Morgan fingerprint density at radius 2 is 1.81 bits per heavy atom. The molecule has 0 spiro atoms. The monoisotopic (exact) mass is 389 g/mol. The van der Waals surface area contributed by atoms with Gasteiger partial charge in [0.05, 0.1) is 16.1 Å². The molecule has 0 atom stereocenters. The SMILES string of the molecule is CS(=O)(=O)c1cc(Oc2ccccc2)c(NCC(F)(F)F)cc1C(=O)O. The van der Waals surface area contributed by atoms with E-state index in [-0.39, 0.29) is 17.2 Å². The van der Waals surface area contributed by atoms with Crippen LogP contribution >= 0.6 is 0 Å². The number of sulfone groups is 1. The summed E-state index contributed by atoms with van der Waals surface area (Å²) in [5.41, 5.74) is -0.950. The third-order valence-corrected chi connectivity index (χ3v) is 4.30. The van der Waals surface area contributed by atoms with Gasteiger partial charge in [-0.05, 0) is 18.2 Å². The fourth-order valence-electron chi connectivity index (χ4n) is 2.07. The summed E-state index contributed by atoms with van der Waals surface area (Å²) in [6, 6.07) is 9.64. The van der Waals surface area contributed by atoms with Gasteiger partial charge in [-0.2, -0.15) is 13.2 Å². The molecular weight excluding hydrogens is 375 g/mol. The first-order chi connectivity index (χ1) is 12.0. The molecule has 0 fully saturated rings. The molecule has 2 aromatic rings. The van der Waals surface area contributed by atoms with Crippen molar-refractivity contribution in [1.82, 2.24) is 0 Å². The van der Waals surface area contributed by atoms with E-state index < -0.39 is 39.0 Å². The van der Waals surface area contributed by atoms with Crippen molar-refractivity contribution in [3.63, 3.8) is 0 Å². The van der Waals surface area contributed by atoms with Crippen molar-refractivity contribution < 1.29 is 36.2 Å². The predicted molar refractivity (Wildman–Crippen MR) is 87.6 cm³/mol. The molecule has 0 amide bonds. The smallest absolute Gasteiger partial charge is 0.405 e. The van der Waals surface area contributed by atoms with Gasteiger partial charge in [0.15, 0.2) is 15.6 Å². The first kappa shape index (κ1) is 19.6. The van der Waals surface area contributed by atoms with Crippen molar-refractivity contribution in [1.29, 1.82) is 0 Å². The zero-order valence-corrected chi connectivity index (χ0v) is 14.2. The van der Waals surface area contributed by atoms with Crippen molar-refractivity contribution in [2.24, 2.45) is 0 Å². The van der Waals surface area contributed by atoms with Gasteiger partial charge in [0, 0.05) is 12.3 Å². The summed E-state index contributed by atoms with van der Waals surface area (Å²) in [7, 11) is -3.96. The van der Waals surface area contributed by atoms with Crippen molar-refractivity contribution >= 4 is 21.5 Å². The summed E-state index contributed by atoms with van der Waals surface area (Å²) in [6.45, 7) is -1.45. The van der Waals surface area contributed by atoms with Gasteiger partial charge in [-0.3, -0.25) is 0 Å². The maximum atomic E-state index is 12.5. The first-order valence-electron chi connectivity index (χ1n) is 7.12. The number of benzene rings is 2. The number of nitrogens with one attached hydrogen (secondary N) is 1. The van der Waals surface area contributed by atoms with Crippen molar-refractivity contribution in [3.8, 4) is 11.5 Å². The molecule has 2 N–H and O–H groups in total. The minimum absolute atomic E-state index is 0.241. The third kappa shape index (κ3) is 5.12. The second-order valence-corrected chi connectivity index (χ2v) is 7.29. The average Bonchev–Trinajstić information content (AvgIpc) is 2.52. The molecular formula is C16H14F3NO5S. The molecule has 2 aromatic carbocycles. The van der Waals surface area contributed by atoms with E-state index in [9.17, 15) is 31.5 Å². The van der Waals surface area contributed by atoms with E-state index in [1.54, 1.807) is 18.2 Å². The number of aromatic carboxylic acids is 1. The second kappa shape index (κ2) is 7.24. The van der Waals surface area contributed by atoms with Crippen LogP contribution in [0.15, 0.2) is 47.4 Å². The summed E-state index contributed by atoms with van der Waals surface area (Å²) in [5, 5.41) is 11.2. The number of hydrogen-bond acceptors (Lipinski definition) is 5. The van der Waals surface area contributed by atoms with Gasteiger partial charge in [-0.1, -0.05) is 18.2 Å². The van der Waals surface area contributed by atoms with E-state index in [1.165, 1.54) is 12.1 Å². The molecule has 0 aliphatic rings. The molecule has 0 saturated heterocycles. The summed E-state index contributed by atoms with van der Waals surface area (Å²) < 4.78 is 66.7. The highest BCUT2D eigenvalue weighted by molar-refractivity contribution is 7.90. The molecule has 0 aliphatic carbocycles. The number of carboxylic acid groups (broad SMARTS) is 1. The molecule has 0 saturated carbocycles. The van der Waals surface area contributed by atoms with E-state index in [1.807, 2.05) is 5.32 Å². The summed E-state index contributed by atoms with van der Waals surface area (Å²) in [5.74, 6) is -1.59. The Labute approximate surface area is 147 Å². The zero-order chi connectivity index (χ0) is 19.5. The first-order valence-corrected chi connectivity index (χ1v) is 9.01. The zero-order valence-electron chi connectivity index (χ0n) is 13.4. The highest BCUT2D eigenvalue weighted by Crippen LogP contribution is 2.35. The van der Waals surface area contributed by atoms with E-state index in [2.05, 4.69) is 0 Å². The van der Waals surface area contributed by atoms with Gasteiger partial charge in [-0.15, -0.1) is 0 Å². The molecule has 26 heavy (non-hydrogen) atoms. The fraction of sp³-hybridized carbons (Fsp3) is 0.188. The van der Waals surface area contributed by atoms with Crippen LogP contribution in [0.4, 0.5) is 18.9 Å². The van der Waals surface area contributed by atoms with Crippen LogP contribution in [0.3, 0.4) is 0 Å². The minimum atomic E-state index is -4.57. The summed E-state index contributed by atoms with van der Waals surface area (Å²) >= 11 is 0. The molecule has 0 aliphatic heterocycles. The van der Waals surface area contributed by atoms with Crippen LogP contribution in [0.2, 0.25) is 0 Å². The number of alkyl halides is 3. The molecule has 2 rings (SSSR count). The Bertz CT molecular complexity index is 911. The van der Waals surface area contributed by atoms with Gasteiger partial charge in [-0.25, -0.2) is 13.2 Å². The maximum absolute atomic E-state index is 12.5. The second-order valence-electron chi connectivity index (χ2n) is 5.31. The molecule has 10 heteroatoms. The van der Waals surface area contributed by atoms with E-state index in [0.29, 0.717) is 0 Å². The van der Waals surface area contributed by atoms with Crippen LogP contribution in [0.1, 0.15) is 10.4 Å². The highest BCUT2D eigenvalue weighted by atomic mass is 32.2. The van der Waals surface area contributed by atoms with Gasteiger partial charge < -0.3 is 15.2 Å². The van der Waals surface area contributed by atoms with Crippen LogP contribution in [-0.2, 0) is 9.84 Å². The number of carboxylic acids is 1. The molecule has 0 unspecified atom stereocenters. The van der Waals surface area contributed by atoms with Gasteiger partial charge in [0.1, 0.15) is 12.3 Å². The molecule has 6 nitrogen and oxygen atoms in total. The standard InChI is InChI=1S/C16H14F3NO5S/c1-26(23,24)14-8-13(25-10-5-3-2-4-6-10)12(7-11(14)15(21)22)20-9-16(17,18)19/h2-8,20H,9H2,1H3,(H,21,22). The minimum Gasteiger partial charge on any atom is -0.478 e. The number of para-hydroxylation sites is 1. The average molecular weight is 389 g/mol. The predicted octanol–water partition coefficient (Wildman–Crippen LogP) is 3.55. The maximum Gasteiger partial charge on any atom is 0.405 e. The highest BCUT2D eigenvalue weighted by Gasteiger charge is 2.29. The van der Waals surface area contributed by atoms with Crippen LogP contribution in [0.5, 0.6) is 11.5 Å². The molecule has 0 aromatic heterocycles. The van der Waals surface area contributed by atoms with Gasteiger partial charge in [0.2, 0.25) is 0 Å². The Morgan fingerprint density at radius 3 is 2.31 bits per heavy atom. The number of halogens is 3. The number of carbonyl (C=O) groups is 1. The number of anilines is 1. The van der Waals surface area contributed by atoms with E-state index in [0.717, 1.165) is 18.4 Å². The fourth-order valence-corrected chi connectivity index (χ4v) is 2.94. The topological polar surface area (TPSA) is 92.7 Å². The lowest BCUT2D eigenvalue weighted by Gasteiger charge is -2.17. The van der Waals surface area contributed by atoms with Crippen molar-refractivity contribution in [2.45, 2.75) is 11.1 Å². The van der Waals surface area contributed by atoms with Crippen molar-refractivity contribution in [3.05, 3.63) is 48.0 Å². The molecule has 0 radical (unpaired) electrons. The number of rotatable bonds is 6. The Kier molecular flexibility index (Phi) is 5.45. The number of hydrogen-bond donors (Lipinski definition) is 2. The van der Waals surface area contributed by atoms with E-state index >= 15 is 0 Å². The van der Waals surface area contributed by atoms with Crippen LogP contribution < -0.4 is 10.1 Å². The van der Waals surface area contributed by atoms with Gasteiger partial charge in [0.25, 0.3) is 0 Å². The molecule has 140 valence electrons. The largest absolute Gasteiger partial charge is 0.478 e. The normalized spacial score (nSPS) is 11.8. The summed E-state index contributed by atoms with van der Waals surface area (Å²) in [4.78, 5) is 10.8. The van der Waals surface area contributed by atoms with Crippen molar-refractivity contribution in [2.75, 3.05) is 18.1 Å². The van der Waals surface area contributed by atoms with Crippen LogP contribution in [0.25, 0.3) is 0 Å². The lowest BCUT2D eigenvalue weighted by molar-refractivity contribution is -0.115. The Morgan fingerprint density at radius 1 is 1.19 bits per heavy atom. The molecule has 0 bridgehead atoms. The van der Waals surface area contributed by atoms with Gasteiger partial charge >= 0.3 is 12.1 Å². The summed E-state index contributed by atoms with van der Waals surface area (Å²) in [6.07, 6.45) is -3.77. The third-order valence-electron chi connectivity index (χ3n) is 3.16. The van der Waals surface area contributed by atoms with Crippen LogP contribution in [0, 0.1) is 0 Å². The quantitative estimate of drug-likeness (QED) is 0.785. The lowest BCUT2D eigenvalue weighted by Crippen LogP contribution is -2.22. The lowest BCUT2D eigenvalue weighted by atomic mass is 10.1.